The van der Waals surface area contributed by atoms with Gasteiger partial charge in [0, 0.05) is 26.2 Å². The maximum absolute atomic E-state index is 12.9. The zero-order valence-corrected chi connectivity index (χ0v) is 17.3. The molecular weight excluding hydrogens is 417 g/mol. The van der Waals surface area contributed by atoms with Crippen LogP contribution in [0.15, 0.2) is 36.4 Å². The van der Waals surface area contributed by atoms with Crippen LogP contribution in [0.5, 0.6) is 11.5 Å². The lowest BCUT2D eigenvalue weighted by molar-refractivity contribution is -0.133. The first-order valence-corrected chi connectivity index (χ1v) is 10.3. The van der Waals surface area contributed by atoms with Gasteiger partial charge < -0.3 is 19.3 Å². The van der Waals surface area contributed by atoms with Crippen molar-refractivity contribution in [2.75, 3.05) is 44.8 Å². The fourth-order valence-corrected chi connectivity index (χ4v) is 4.46. The number of thiazole rings is 1. The van der Waals surface area contributed by atoms with E-state index in [2.05, 4.69) is 4.90 Å². The first kappa shape index (κ1) is 19.7. The Bertz CT molecular complexity index is 1020. The standard InChI is InChI=1S/C20H19ClFN3O3S/c1-27-16-7-6-15(21)19-18(16)23-20(29-19)25-10-8-24(9-11-25)17(26)12-28-14-4-2-13(22)3-5-14/h2-7H,8-12H2,1H3. The first-order chi connectivity index (χ1) is 14.0. The predicted molar refractivity (Wildman–Crippen MR) is 112 cm³/mol. The smallest absolute Gasteiger partial charge is 0.260 e. The van der Waals surface area contributed by atoms with Crippen molar-refractivity contribution < 1.29 is 18.7 Å². The number of nitrogens with zero attached hydrogens (tertiary/aromatic N) is 3. The molecule has 1 saturated heterocycles. The summed E-state index contributed by atoms with van der Waals surface area (Å²) in [6.07, 6.45) is 0. The van der Waals surface area contributed by atoms with E-state index in [1.54, 1.807) is 12.0 Å². The number of carbonyl (C=O) groups excluding carboxylic acids is 1. The Labute approximate surface area is 176 Å². The van der Waals surface area contributed by atoms with Gasteiger partial charge in [0.2, 0.25) is 0 Å². The second-order valence-electron chi connectivity index (χ2n) is 6.53. The maximum Gasteiger partial charge on any atom is 0.260 e. The van der Waals surface area contributed by atoms with E-state index in [1.807, 2.05) is 12.1 Å². The van der Waals surface area contributed by atoms with Crippen LogP contribution in [0, 0.1) is 5.82 Å². The molecule has 2 aromatic carbocycles. The second-order valence-corrected chi connectivity index (χ2v) is 7.92. The van der Waals surface area contributed by atoms with Crippen molar-refractivity contribution in [1.29, 1.82) is 0 Å². The molecule has 0 aliphatic carbocycles. The van der Waals surface area contributed by atoms with Gasteiger partial charge in [0.05, 0.1) is 16.8 Å². The molecule has 29 heavy (non-hydrogen) atoms. The lowest BCUT2D eigenvalue weighted by Gasteiger charge is -2.34. The Morgan fingerprint density at radius 3 is 2.59 bits per heavy atom. The molecule has 9 heteroatoms. The summed E-state index contributed by atoms with van der Waals surface area (Å²) in [4.78, 5) is 21.0. The van der Waals surface area contributed by atoms with E-state index in [-0.39, 0.29) is 18.3 Å². The molecule has 3 aromatic rings. The summed E-state index contributed by atoms with van der Waals surface area (Å²) in [6, 6.07) is 9.24. The van der Waals surface area contributed by atoms with Crippen LogP contribution in [0.2, 0.25) is 5.02 Å². The monoisotopic (exact) mass is 435 g/mol. The molecule has 0 bridgehead atoms. The van der Waals surface area contributed by atoms with Crippen LogP contribution in [0.3, 0.4) is 0 Å². The zero-order chi connectivity index (χ0) is 20.4. The minimum atomic E-state index is -0.339. The normalized spacial score (nSPS) is 14.3. The molecule has 2 heterocycles. The van der Waals surface area contributed by atoms with Gasteiger partial charge in [-0.25, -0.2) is 9.37 Å². The van der Waals surface area contributed by atoms with Crippen LogP contribution in [0.4, 0.5) is 9.52 Å². The molecule has 1 aromatic heterocycles. The van der Waals surface area contributed by atoms with E-state index < -0.39 is 0 Å². The van der Waals surface area contributed by atoms with E-state index in [4.69, 9.17) is 26.1 Å². The Balaban J connectivity index is 1.36. The van der Waals surface area contributed by atoms with Crippen molar-refractivity contribution >= 4 is 44.2 Å². The van der Waals surface area contributed by atoms with E-state index >= 15 is 0 Å². The highest BCUT2D eigenvalue weighted by atomic mass is 35.5. The average molecular weight is 436 g/mol. The minimum absolute atomic E-state index is 0.0699. The van der Waals surface area contributed by atoms with Crippen LogP contribution < -0.4 is 14.4 Å². The van der Waals surface area contributed by atoms with Crippen LogP contribution in [-0.4, -0.2) is 55.7 Å². The molecule has 0 N–H and O–H groups in total. The van der Waals surface area contributed by atoms with Crippen LogP contribution in [-0.2, 0) is 4.79 Å². The van der Waals surface area contributed by atoms with Crippen molar-refractivity contribution in [3.63, 3.8) is 0 Å². The fraction of sp³-hybridized carbons (Fsp3) is 0.300. The topological polar surface area (TPSA) is 54.9 Å². The molecule has 6 nitrogen and oxygen atoms in total. The van der Waals surface area contributed by atoms with Crippen molar-refractivity contribution in [3.8, 4) is 11.5 Å². The maximum atomic E-state index is 12.9. The highest BCUT2D eigenvalue weighted by molar-refractivity contribution is 7.22. The van der Waals surface area contributed by atoms with Gasteiger partial charge in [-0.1, -0.05) is 22.9 Å². The van der Waals surface area contributed by atoms with Crippen LogP contribution in [0.25, 0.3) is 10.2 Å². The third-order valence-electron chi connectivity index (χ3n) is 4.75. The van der Waals surface area contributed by atoms with Crippen molar-refractivity contribution in [3.05, 3.63) is 47.2 Å². The zero-order valence-electron chi connectivity index (χ0n) is 15.7. The number of hydrogen-bond acceptors (Lipinski definition) is 6. The minimum Gasteiger partial charge on any atom is -0.494 e. The number of anilines is 1. The molecule has 152 valence electrons. The molecule has 0 radical (unpaired) electrons. The van der Waals surface area contributed by atoms with E-state index in [0.717, 1.165) is 15.3 Å². The summed E-state index contributed by atoms with van der Waals surface area (Å²) in [5, 5.41) is 1.51. The number of aromatic nitrogens is 1. The molecule has 0 unspecified atom stereocenters. The fourth-order valence-electron chi connectivity index (χ4n) is 3.16. The van der Waals surface area contributed by atoms with Crippen molar-refractivity contribution in [2.24, 2.45) is 0 Å². The van der Waals surface area contributed by atoms with Gasteiger partial charge in [-0.15, -0.1) is 0 Å². The predicted octanol–water partition coefficient (Wildman–Crippen LogP) is 3.83. The highest BCUT2D eigenvalue weighted by Crippen LogP contribution is 2.38. The third kappa shape index (κ3) is 4.23. The van der Waals surface area contributed by atoms with E-state index in [1.165, 1.54) is 35.6 Å². The van der Waals surface area contributed by atoms with Crippen molar-refractivity contribution in [2.45, 2.75) is 0 Å². The molecule has 0 spiro atoms. The quantitative estimate of drug-likeness (QED) is 0.609. The van der Waals surface area contributed by atoms with Gasteiger partial charge in [-0.2, -0.15) is 0 Å². The number of methoxy groups -OCH3 is 1. The molecular formula is C20H19ClFN3O3S. The number of ether oxygens (including phenoxy) is 2. The molecule has 0 saturated carbocycles. The van der Waals surface area contributed by atoms with Crippen molar-refractivity contribution in [1.82, 2.24) is 9.88 Å². The molecule has 0 atom stereocenters. The van der Waals surface area contributed by atoms with Gasteiger partial charge >= 0.3 is 0 Å². The molecule has 1 aliphatic heterocycles. The lowest BCUT2D eigenvalue weighted by Crippen LogP contribution is -2.50. The number of fused-ring (bicyclic) bond motifs is 1. The molecule has 1 amide bonds. The van der Waals surface area contributed by atoms with Crippen LogP contribution in [0.1, 0.15) is 0 Å². The van der Waals surface area contributed by atoms with Gasteiger partial charge in [-0.3, -0.25) is 4.79 Å². The Morgan fingerprint density at radius 2 is 1.90 bits per heavy atom. The Hall–Kier alpha value is -2.58. The Kier molecular flexibility index (Phi) is 5.73. The number of carbonyl (C=O) groups is 1. The van der Waals surface area contributed by atoms with Gasteiger partial charge in [0.15, 0.2) is 11.7 Å². The van der Waals surface area contributed by atoms with Crippen LogP contribution >= 0.6 is 22.9 Å². The van der Waals surface area contributed by atoms with Gasteiger partial charge in [-0.05, 0) is 36.4 Å². The number of rotatable bonds is 5. The summed E-state index contributed by atoms with van der Waals surface area (Å²) in [7, 11) is 1.61. The summed E-state index contributed by atoms with van der Waals surface area (Å²) in [5.74, 6) is 0.730. The lowest BCUT2D eigenvalue weighted by atomic mass is 10.3. The second kappa shape index (κ2) is 8.42. The van der Waals surface area contributed by atoms with Gasteiger partial charge in [0.25, 0.3) is 5.91 Å². The molecule has 1 aliphatic rings. The number of hydrogen-bond donors (Lipinski definition) is 0. The third-order valence-corrected chi connectivity index (χ3v) is 6.32. The number of halogens is 2. The summed E-state index contributed by atoms with van der Waals surface area (Å²) in [5.41, 5.74) is 0.756. The number of amides is 1. The number of benzene rings is 2. The molecule has 4 rings (SSSR count). The van der Waals surface area contributed by atoms with E-state index in [0.29, 0.717) is 42.7 Å². The Morgan fingerprint density at radius 1 is 1.17 bits per heavy atom. The SMILES string of the molecule is COc1ccc(Cl)c2sc(N3CCN(C(=O)COc4ccc(F)cc4)CC3)nc12. The highest BCUT2D eigenvalue weighted by Gasteiger charge is 2.24. The van der Waals surface area contributed by atoms with Gasteiger partial charge in [0.1, 0.15) is 22.8 Å². The average Bonchev–Trinajstić information content (AvgIpc) is 3.20. The largest absolute Gasteiger partial charge is 0.494 e. The summed E-state index contributed by atoms with van der Waals surface area (Å²) in [6.45, 7) is 2.42. The number of piperazine rings is 1. The van der Waals surface area contributed by atoms with E-state index in [9.17, 15) is 9.18 Å². The first-order valence-electron chi connectivity index (χ1n) is 9.09. The summed E-state index contributed by atoms with van der Waals surface area (Å²) < 4.78 is 24.7. The molecule has 1 fully saturated rings. The summed E-state index contributed by atoms with van der Waals surface area (Å²) >= 11 is 7.83.